The maximum absolute atomic E-state index is 12.5. The lowest BCUT2D eigenvalue weighted by molar-refractivity contribution is 0.0988. The lowest BCUT2D eigenvalue weighted by atomic mass is 10.1. The van der Waals surface area contributed by atoms with Gasteiger partial charge in [-0.25, -0.2) is 8.42 Å². The molecule has 0 N–H and O–H groups in total. The minimum Gasteiger partial charge on any atom is -0.493 e. The summed E-state index contributed by atoms with van der Waals surface area (Å²) in [6.07, 6.45) is -0.144. The Morgan fingerprint density at radius 2 is 1.46 bits per heavy atom. The molecule has 6 nitrogen and oxygen atoms in total. The first kappa shape index (κ1) is 19.8. The lowest BCUT2D eigenvalue weighted by Gasteiger charge is -2.13. The summed E-state index contributed by atoms with van der Waals surface area (Å²) >= 11 is 0. The molecule has 7 heteroatoms. The van der Waals surface area contributed by atoms with E-state index in [2.05, 4.69) is 0 Å². The minimum atomic E-state index is -3.53. The zero-order chi connectivity index (χ0) is 19.3. The van der Waals surface area contributed by atoms with Crippen molar-refractivity contribution >= 4 is 15.6 Å². The highest BCUT2D eigenvalue weighted by atomic mass is 32.2. The van der Waals surface area contributed by atoms with Crippen LogP contribution >= 0.6 is 0 Å². The van der Waals surface area contributed by atoms with Crippen molar-refractivity contribution in [1.29, 1.82) is 0 Å². The molecular formula is C19H22O6S. The number of methoxy groups -OCH3 is 3. The molecule has 0 aliphatic carbocycles. The Labute approximate surface area is 153 Å². The minimum absolute atomic E-state index is 0.144. The van der Waals surface area contributed by atoms with Gasteiger partial charge in [-0.2, -0.15) is 0 Å². The number of benzene rings is 2. The molecule has 0 unspecified atom stereocenters. The number of ether oxygens (including phenoxy) is 3. The van der Waals surface area contributed by atoms with Crippen molar-refractivity contribution in [2.45, 2.75) is 18.2 Å². The lowest BCUT2D eigenvalue weighted by Crippen LogP contribution is -2.12. The molecule has 0 atom stereocenters. The predicted molar refractivity (Wildman–Crippen MR) is 98.3 cm³/mol. The number of hydrogen-bond acceptors (Lipinski definition) is 6. The van der Waals surface area contributed by atoms with E-state index in [4.69, 9.17) is 14.2 Å². The highest BCUT2D eigenvalue weighted by molar-refractivity contribution is 7.91. The van der Waals surface area contributed by atoms with Crippen LogP contribution < -0.4 is 14.2 Å². The standard InChI is InChI=1S/C19H22O6S/c1-13-5-7-15(8-6-13)26(21,22)10-9-16(20)14-11-17(23-2)19(25-4)18(12-14)24-3/h5-8,11-12H,9-10H2,1-4H3. The van der Waals surface area contributed by atoms with Gasteiger partial charge in [0.05, 0.1) is 32.0 Å². The third kappa shape index (κ3) is 4.35. The number of hydrogen-bond donors (Lipinski definition) is 0. The van der Waals surface area contributed by atoms with Crippen molar-refractivity contribution in [2.75, 3.05) is 27.1 Å². The highest BCUT2D eigenvalue weighted by Crippen LogP contribution is 2.38. The topological polar surface area (TPSA) is 78.9 Å². The molecule has 0 bridgehead atoms. The Hall–Kier alpha value is -2.54. The molecule has 0 aliphatic heterocycles. The number of carbonyl (C=O) groups is 1. The molecule has 0 saturated carbocycles. The molecule has 0 radical (unpaired) electrons. The number of aryl methyl sites for hydroxylation is 1. The van der Waals surface area contributed by atoms with Crippen LogP contribution in [0.4, 0.5) is 0 Å². The first-order valence-corrected chi connectivity index (χ1v) is 9.60. The van der Waals surface area contributed by atoms with Crippen LogP contribution in [0.2, 0.25) is 0 Å². The summed E-state index contributed by atoms with van der Waals surface area (Å²) in [6, 6.07) is 9.59. The maximum atomic E-state index is 12.5. The van der Waals surface area contributed by atoms with E-state index in [-0.39, 0.29) is 22.9 Å². The molecule has 0 spiro atoms. The molecule has 0 heterocycles. The van der Waals surface area contributed by atoms with Crippen molar-refractivity contribution in [3.63, 3.8) is 0 Å². The van der Waals surface area contributed by atoms with Crippen LogP contribution in [0.15, 0.2) is 41.3 Å². The molecule has 0 aliphatic rings. The van der Waals surface area contributed by atoms with Gasteiger partial charge >= 0.3 is 0 Å². The Bertz CT molecular complexity index is 860. The quantitative estimate of drug-likeness (QED) is 0.657. The number of sulfone groups is 1. The second-order valence-electron chi connectivity index (χ2n) is 5.72. The van der Waals surface area contributed by atoms with Gasteiger partial charge in [0.2, 0.25) is 5.75 Å². The first-order valence-electron chi connectivity index (χ1n) is 7.95. The summed E-state index contributed by atoms with van der Waals surface area (Å²) in [6.45, 7) is 1.88. The Morgan fingerprint density at radius 3 is 1.92 bits per heavy atom. The van der Waals surface area contributed by atoms with Gasteiger partial charge < -0.3 is 14.2 Å². The summed E-state index contributed by atoms with van der Waals surface area (Å²) in [5, 5.41) is 0. The zero-order valence-electron chi connectivity index (χ0n) is 15.2. The number of rotatable bonds is 8. The van der Waals surface area contributed by atoms with Crippen LogP contribution in [0.3, 0.4) is 0 Å². The van der Waals surface area contributed by atoms with Gasteiger partial charge in [0.15, 0.2) is 27.1 Å². The molecule has 140 valence electrons. The predicted octanol–water partition coefficient (Wildman–Crippen LogP) is 3.07. The fraction of sp³-hybridized carbons (Fsp3) is 0.316. The Balaban J connectivity index is 2.21. The van der Waals surface area contributed by atoms with E-state index in [1.165, 1.54) is 33.5 Å². The zero-order valence-corrected chi connectivity index (χ0v) is 16.1. The summed E-state index contributed by atoms with van der Waals surface area (Å²) in [5.74, 6) is 0.470. The van der Waals surface area contributed by atoms with E-state index in [0.29, 0.717) is 22.8 Å². The molecule has 0 saturated heterocycles. The Kier molecular flexibility index (Phi) is 6.26. The average Bonchev–Trinajstić information content (AvgIpc) is 2.65. The van der Waals surface area contributed by atoms with Crippen LogP contribution in [-0.4, -0.2) is 41.3 Å². The largest absolute Gasteiger partial charge is 0.493 e. The first-order chi connectivity index (χ1) is 12.3. The van der Waals surface area contributed by atoms with Gasteiger partial charge in [-0.05, 0) is 31.2 Å². The average molecular weight is 378 g/mol. The summed E-state index contributed by atoms with van der Waals surface area (Å²) < 4.78 is 40.5. The van der Waals surface area contributed by atoms with Crippen molar-refractivity contribution < 1.29 is 27.4 Å². The van der Waals surface area contributed by atoms with E-state index in [0.717, 1.165) is 5.56 Å². The smallest absolute Gasteiger partial charge is 0.203 e. The molecule has 26 heavy (non-hydrogen) atoms. The van der Waals surface area contributed by atoms with Crippen molar-refractivity contribution in [2.24, 2.45) is 0 Å². The molecular weight excluding hydrogens is 356 g/mol. The summed E-state index contributed by atoms with van der Waals surface area (Å²) in [7, 11) is 0.840. The molecule has 0 fully saturated rings. The van der Waals surface area contributed by atoms with Gasteiger partial charge in [-0.15, -0.1) is 0 Å². The Morgan fingerprint density at radius 1 is 0.923 bits per heavy atom. The van der Waals surface area contributed by atoms with Crippen LogP contribution in [0.25, 0.3) is 0 Å². The third-order valence-electron chi connectivity index (χ3n) is 3.96. The molecule has 2 rings (SSSR count). The van der Waals surface area contributed by atoms with Crippen molar-refractivity contribution in [3.05, 3.63) is 47.5 Å². The molecule has 0 aromatic heterocycles. The molecule has 2 aromatic carbocycles. The van der Waals surface area contributed by atoms with E-state index in [1.54, 1.807) is 24.3 Å². The monoisotopic (exact) mass is 378 g/mol. The maximum Gasteiger partial charge on any atom is 0.203 e. The van der Waals surface area contributed by atoms with Gasteiger partial charge in [0.25, 0.3) is 0 Å². The fourth-order valence-corrected chi connectivity index (χ4v) is 3.72. The molecule has 0 amide bonds. The van der Waals surface area contributed by atoms with Crippen molar-refractivity contribution in [3.8, 4) is 17.2 Å². The summed E-state index contributed by atoms with van der Waals surface area (Å²) in [5.41, 5.74) is 1.27. The number of carbonyl (C=O) groups excluding carboxylic acids is 1. The van der Waals surface area contributed by atoms with E-state index >= 15 is 0 Å². The SMILES string of the molecule is COc1cc(C(=O)CCS(=O)(=O)c2ccc(C)cc2)cc(OC)c1OC. The third-order valence-corrected chi connectivity index (χ3v) is 5.70. The highest BCUT2D eigenvalue weighted by Gasteiger charge is 2.20. The van der Waals surface area contributed by atoms with Crippen LogP contribution in [0.1, 0.15) is 22.3 Å². The normalized spacial score (nSPS) is 11.1. The van der Waals surface area contributed by atoms with E-state index < -0.39 is 9.84 Å². The fourth-order valence-electron chi connectivity index (χ4n) is 2.48. The van der Waals surface area contributed by atoms with Crippen LogP contribution in [-0.2, 0) is 9.84 Å². The van der Waals surface area contributed by atoms with Gasteiger partial charge in [-0.3, -0.25) is 4.79 Å². The summed E-state index contributed by atoms with van der Waals surface area (Å²) in [4.78, 5) is 12.7. The van der Waals surface area contributed by atoms with E-state index in [1.807, 2.05) is 6.92 Å². The van der Waals surface area contributed by atoms with Crippen LogP contribution in [0, 0.1) is 6.92 Å². The van der Waals surface area contributed by atoms with Crippen LogP contribution in [0.5, 0.6) is 17.2 Å². The molecule has 2 aromatic rings. The number of ketones is 1. The van der Waals surface area contributed by atoms with Gasteiger partial charge in [0.1, 0.15) is 0 Å². The van der Waals surface area contributed by atoms with Crippen molar-refractivity contribution in [1.82, 2.24) is 0 Å². The van der Waals surface area contributed by atoms with Gasteiger partial charge in [0, 0.05) is 12.0 Å². The number of Topliss-reactive ketones (excluding diaryl/α,β-unsaturated/α-hetero) is 1. The van der Waals surface area contributed by atoms with E-state index in [9.17, 15) is 13.2 Å². The van der Waals surface area contributed by atoms with Gasteiger partial charge in [-0.1, -0.05) is 17.7 Å². The second kappa shape index (κ2) is 8.23. The second-order valence-corrected chi connectivity index (χ2v) is 7.83.